The Labute approximate surface area is 154 Å². The predicted molar refractivity (Wildman–Crippen MR) is 102 cm³/mol. The number of aryl methyl sites for hydroxylation is 1. The van der Waals surface area contributed by atoms with Crippen LogP contribution in [0.4, 0.5) is 5.69 Å². The Morgan fingerprint density at radius 2 is 2.08 bits per heavy atom. The standard InChI is InChI=1S/C18H16ClN3O2S/c1-11-7-15(16(24-2)8-13(11)19)22-17(23)9-25-18-12-5-3-4-6-14(12)20-10-21-18/h3-8,10H,9H2,1-2H3,(H,22,23). The van der Waals surface area contributed by atoms with E-state index in [1.165, 1.54) is 18.1 Å². The smallest absolute Gasteiger partial charge is 0.234 e. The number of carbonyl (C=O) groups is 1. The Morgan fingerprint density at radius 3 is 2.88 bits per heavy atom. The average molecular weight is 374 g/mol. The first-order valence-electron chi connectivity index (χ1n) is 7.55. The molecule has 0 radical (unpaired) electrons. The molecule has 1 heterocycles. The maximum atomic E-state index is 12.3. The number of nitrogens with one attached hydrogen (secondary N) is 1. The molecule has 0 aliphatic rings. The number of carbonyl (C=O) groups excluding carboxylic acids is 1. The fourth-order valence-corrected chi connectivity index (χ4v) is 3.29. The maximum Gasteiger partial charge on any atom is 0.234 e. The molecular weight excluding hydrogens is 358 g/mol. The topological polar surface area (TPSA) is 64.1 Å². The second kappa shape index (κ2) is 7.72. The number of nitrogens with zero attached hydrogens (tertiary/aromatic N) is 2. The summed E-state index contributed by atoms with van der Waals surface area (Å²) in [5, 5.41) is 5.17. The minimum Gasteiger partial charge on any atom is -0.495 e. The Kier molecular flexibility index (Phi) is 5.40. The molecule has 5 nitrogen and oxygen atoms in total. The number of ether oxygens (including phenoxy) is 1. The van der Waals surface area contributed by atoms with Gasteiger partial charge in [-0.3, -0.25) is 4.79 Å². The molecule has 3 aromatic rings. The van der Waals surface area contributed by atoms with Crippen molar-refractivity contribution >= 4 is 45.9 Å². The van der Waals surface area contributed by atoms with E-state index in [2.05, 4.69) is 15.3 Å². The van der Waals surface area contributed by atoms with Crippen molar-refractivity contribution in [2.24, 2.45) is 0 Å². The molecule has 0 unspecified atom stereocenters. The van der Waals surface area contributed by atoms with E-state index in [1.807, 2.05) is 31.2 Å². The summed E-state index contributed by atoms with van der Waals surface area (Å²) in [4.78, 5) is 20.8. The number of amides is 1. The number of rotatable bonds is 5. The van der Waals surface area contributed by atoms with Crippen LogP contribution in [0.2, 0.25) is 5.02 Å². The van der Waals surface area contributed by atoms with Crippen molar-refractivity contribution in [3.8, 4) is 5.75 Å². The lowest BCUT2D eigenvalue weighted by atomic mass is 10.2. The van der Waals surface area contributed by atoms with E-state index >= 15 is 0 Å². The molecule has 1 aromatic heterocycles. The van der Waals surface area contributed by atoms with Crippen LogP contribution in [0, 0.1) is 6.92 Å². The van der Waals surface area contributed by atoms with Crippen molar-refractivity contribution in [1.29, 1.82) is 0 Å². The summed E-state index contributed by atoms with van der Waals surface area (Å²) in [5.74, 6) is 0.611. The van der Waals surface area contributed by atoms with E-state index in [0.717, 1.165) is 21.5 Å². The summed E-state index contributed by atoms with van der Waals surface area (Å²) < 4.78 is 5.28. The molecule has 0 spiro atoms. The van der Waals surface area contributed by atoms with Gasteiger partial charge in [-0.05, 0) is 24.6 Å². The van der Waals surface area contributed by atoms with Gasteiger partial charge in [0.1, 0.15) is 17.1 Å². The van der Waals surface area contributed by atoms with Gasteiger partial charge >= 0.3 is 0 Å². The summed E-state index contributed by atoms with van der Waals surface area (Å²) in [7, 11) is 1.54. The molecule has 25 heavy (non-hydrogen) atoms. The molecule has 0 bridgehead atoms. The molecule has 0 aliphatic carbocycles. The summed E-state index contributed by atoms with van der Waals surface area (Å²) in [6, 6.07) is 11.2. The van der Waals surface area contributed by atoms with Crippen LogP contribution in [0.5, 0.6) is 5.75 Å². The lowest BCUT2D eigenvalue weighted by molar-refractivity contribution is -0.113. The molecule has 3 rings (SSSR count). The Balaban J connectivity index is 1.72. The van der Waals surface area contributed by atoms with E-state index < -0.39 is 0 Å². The Morgan fingerprint density at radius 1 is 1.28 bits per heavy atom. The van der Waals surface area contributed by atoms with E-state index in [-0.39, 0.29) is 11.7 Å². The number of fused-ring (bicyclic) bond motifs is 1. The highest BCUT2D eigenvalue weighted by Gasteiger charge is 2.12. The van der Waals surface area contributed by atoms with Crippen molar-refractivity contribution in [2.45, 2.75) is 11.9 Å². The van der Waals surface area contributed by atoms with Crippen LogP contribution in [-0.4, -0.2) is 28.7 Å². The molecule has 0 atom stereocenters. The van der Waals surface area contributed by atoms with Crippen LogP contribution in [0.3, 0.4) is 0 Å². The zero-order valence-corrected chi connectivity index (χ0v) is 15.3. The molecule has 128 valence electrons. The van der Waals surface area contributed by atoms with E-state index in [4.69, 9.17) is 16.3 Å². The van der Waals surface area contributed by atoms with Gasteiger partial charge in [-0.25, -0.2) is 9.97 Å². The number of aromatic nitrogens is 2. The van der Waals surface area contributed by atoms with Gasteiger partial charge in [0, 0.05) is 16.5 Å². The lowest BCUT2D eigenvalue weighted by Crippen LogP contribution is -2.15. The summed E-state index contributed by atoms with van der Waals surface area (Å²) in [6.45, 7) is 1.87. The average Bonchev–Trinajstić information content (AvgIpc) is 2.62. The number of benzene rings is 2. The lowest BCUT2D eigenvalue weighted by Gasteiger charge is -2.12. The molecule has 2 aromatic carbocycles. The zero-order valence-electron chi connectivity index (χ0n) is 13.7. The van der Waals surface area contributed by atoms with Crippen LogP contribution < -0.4 is 10.1 Å². The van der Waals surface area contributed by atoms with Crippen LogP contribution in [0.15, 0.2) is 47.8 Å². The summed E-state index contributed by atoms with van der Waals surface area (Å²) >= 11 is 7.45. The molecule has 0 saturated carbocycles. The molecular formula is C18H16ClN3O2S. The minimum atomic E-state index is -0.146. The van der Waals surface area contributed by atoms with Gasteiger partial charge in [-0.2, -0.15) is 0 Å². The monoisotopic (exact) mass is 373 g/mol. The largest absolute Gasteiger partial charge is 0.495 e. The predicted octanol–water partition coefficient (Wildman–Crippen LogP) is 4.33. The van der Waals surface area contributed by atoms with Crippen LogP contribution in [-0.2, 0) is 4.79 Å². The highest BCUT2D eigenvalue weighted by Crippen LogP contribution is 2.31. The maximum absolute atomic E-state index is 12.3. The van der Waals surface area contributed by atoms with Crippen molar-refractivity contribution in [1.82, 2.24) is 9.97 Å². The van der Waals surface area contributed by atoms with Crippen LogP contribution in [0.1, 0.15) is 5.56 Å². The summed E-state index contributed by atoms with van der Waals surface area (Å²) in [5.41, 5.74) is 2.32. The first kappa shape index (κ1) is 17.5. The number of methoxy groups -OCH3 is 1. The van der Waals surface area contributed by atoms with Gasteiger partial charge in [0.2, 0.25) is 5.91 Å². The van der Waals surface area contributed by atoms with Crippen molar-refractivity contribution < 1.29 is 9.53 Å². The van der Waals surface area contributed by atoms with Gasteiger partial charge < -0.3 is 10.1 Å². The molecule has 0 saturated heterocycles. The highest BCUT2D eigenvalue weighted by atomic mass is 35.5. The van der Waals surface area contributed by atoms with Gasteiger partial charge in [-0.1, -0.05) is 41.6 Å². The number of anilines is 1. The van der Waals surface area contributed by atoms with Gasteiger partial charge in [0.05, 0.1) is 24.1 Å². The third-order valence-corrected chi connectivity index (χ3v) is 5.01. The number of para-hydroxylation sites is 1. The molecule has 0 fully saturated rings. The quantitative estimate of drug-likeness (QED) is 0.532. The molecule has 0 aliphatic heterocycles. The SMILES string of the molecule is COc1cc(Cl)c(C)cc1NC(=O)CSc1ncnc2ccccc12. The van der Waals surface area contributed by atoms with E-state index in [9.17, 15) is 4.79 Å². The highest BCUT2D eigenvalue weighted by molar-refractivity contribution is 8.00. The number of hydrogen-bond donors (Lipinski definition) is 1. The van der Waals surface area contributed by atoms with Gasteiger partial charge in [0.25, 0.3) is 0 Å². The van der Waals surface area contributed by atoms with E-state index in [1.54, 1.807) is 19.2 Å². The second-order valence-corrected chi connectivity index (χ2v) is 6.71. The van der Waals surface area contributed by atoms with Crippen LogP contribution in [0.25, 0.3) is 10.9 Å². The molecule has 1 amide bonds. The second-order valence-electron chi connectivity index (χ2n) is 5.33. The first-order chi connectivity index (χ1) is 12.1. The van der Waals surface area contributed by atoms with E-state index in [0.29, 0.717) is 16.5 Å². The first-order valence-corrected chi connectivity index (χ1v) is 8.91. The number of hydrogen-bond acceptors (Lipinski definition) is 5. The van der Waals surface area contributed by atoms with Crippen molar-refractivity contribution in [2.75, 3.05) is 18.2 Å². The molecule has 7 heteroatoms. The van der Waals surface area contributed by atoms with Crippen molar-refractivity contribution in [3.63, 3.8) is 0 Å². The fraction of sp³-hybridized carbons (Fsp3) is 0.167. The minimum absolute atomic E-state index is 0.146. The Hall–Kier alpha value is -2.31. The fourth-order valence-electron chi connectivity index (χ4n) is 2.35. The summed E-state index contributed by atoms with van der Waals surface area (Å²) in [6.07, 6.45) is 1.51. The van der Waals surface area contributed by atoms with Gasteiger partial charge in [0.15, 0.2) is 0 Å². The zero-order chi connectivity index (χ0) is 17.8. The Bertz CT molecular complexity index is 928. The number of thioether (sulfide) groups is 1. The third kappa shape index (κ3) is 4.03. The van der Waals surface area contributed by atoms with Gasteiger partial charge in [-0.15, -0.1) is 0 Å². The number of halogens is 1. The normalized spacial score (nSPS) is 10.7. The molecule has 1 N–H and O–H groups in total. The van der Waals surface area contributed by atoms with Crippen molar-refractivity contribution in [3.05, 3.63) is 53.3 Å². The third-order valence-electron chi connectivity index (χ3n) is 3.60. The van der Waals surface area contributed by atoms with Crippen LogP contribution >= 0.6 is 23.4 Å².